The monoisotopic (exact) mass is 304 g/mol. The lowest BCUT2D eigenvalue weighted by molar-refractivity contribution is 0.113. The highest BCUT2D eigenvalue weighted by Gasteiger charge is 2.23. The number of amides is 1. The Balaban J connectivity index is 1.72. The number of methoxy groups -OCH3 is 1. The van der Waals surface area contributed by atoms with Gasteiger partial charge in [0.2, 0.25) is 0 Å². The quantitative estimate of drug-likeness (QED) is 0.923. The van der Waals surface area contributed by atoms with Crippen molar-refractivity contribution in [1.82, 2.24) is 14.9 Å². The molecule has 0 radical (unpaired) electrons. The number of halogens is 1. The SMILES string of the molecule is COC(=O)N1CCC(Nc2ncnc3ccc(F)cc23)CC1. The topological polar surface area (TPSA) is 67.3 Å². The van der Waals surface area contributed by atoms with Crippen molar-refractivity contribution in [2.75, 3.05) is 25.5 Å². The summed E-state index contributed by atoms with van der Waals surface area (Å²) in [7, 11) is 1.38. The Morgan fingerprint density at radius 2 is 2.14 bits per heavy atom. The van der Waals surface area contributed by atoms with Gasteiger partial charge < -0.3 is 15.0 Å². The molecule has 1 aliphatic heterocycles. The van der Waals surface area contributed by atoms with Gasteiger partial charge in [0.15, 0.2) is 0 Å². The molecule has 0 bridgehead atoms. The summed E-state index contributed by atoms with van der Waals surface area (Å²) in [5.41, 5.74) is 0.700. The summed E-state index contributed by atoms with van der Waals surface area (Å²) in [5, 5.41) is 4.00. The van der Waals surface area contributed by atoms with Crippen LogP contribution in [0.3, 0.4) is 0 Å². The molecule has 2 aromatic rings. The molecule has 1 saturated heterocycles. The first-order valence-corrected chi connectivity index (χ1v) is 7.17. The molecule has 0 atom stereocenters. The number of aromatic nitrogens is 2. The summed E-state index contributed by atoms with van der Waals surface area (Å²) in [4.78, 5) is 21.5. The van der Waals surface area contributed by atoms with E-state index in [1.165, 1.54) is 25.6 Å². The largest absolute Gasteiger partial charge is 0.453 e. The van der Waals surface area contributed by atoms with E-state index in [9.17, 15) is 9.18 Å². The number of benzene rings is 1. The maximum Gasteiger partial charge on any atom is 0.409 e. The molecule has 7 heteroatoms. The Hall–Kier alpha value is -2.44. The molecule has 0 saturated carbocycles. The molecule has 0 spiro atoms. The third kappa shape index (κ3) is 2.93. The maximum absolute atomic E-state index is 13.4. The lowest BCUT2D eigenvalue weighted by atomic mass is 10.1. The maximum atomic E-state index is 13.4. The number of hydrogen-bond donors (Lipinski definition) is 1. The normalized spacial score (nSPS) is 15.8. The van der Waals surface area contributed by atoms with Crippen molar-refractivity contribution >= 4 is 22.8 Å². The molecular weight excluding hydrogens is 287 g/mol. The average molecular weight is 304 g/mol. The number of fused-ring (bicyclic) bond motifs is 1. The van der Waals surface area contributed by atoms with Crippen LogP contribution in [0.2, 0.25) is 0 Å². The zero-order chi connectivity index (χ0) is 15.5. The highest BCUT2D eigenvalue weighted by molar-refractivity contribution is 5.88. The van der Waals surface area contributed by atoms with Crippen LogP contribution in [0.1, 0.15) is 12.8 Å². The zero-order valence-corrected chi connectivity index (χ0v) is 12.3. The fraction of sp³-hybridized carbons (Fsp3) is 0.400. The second-order valence-corrected chi connectivity index (χ2v) is 5.26. The van der Waals surface area contributed by atoms with Gasteiger partial charge in [0.25, 0.3) is 0 Å². The first-order valence-electron chi connectivity index (χ1n) is 7.17. The van der Waals surface area contributed by atoms with Crippen molar-refractivity contribution in [2.24, 2.45) is 0 Å². The number of ether oxygens (including phenoxy) is 1. The van der Waals surface area contributed by atoms with Gasteiger partial charge in [-0.25, -0.2) is 19.2 Å². The Labute approximate surface area is 127 Å². The average Bonchev–Trinajstić information content (AvgIpc) is 2.55. The molecule has 1 aromatic heterocycles. The van der Waals surface area contributed by atoms with Crippen LogP contribution in [0.5, 0.6) is 0 Å². The van der Waals surface area contributed by atoms with E-state index in [0.717, 1.165) is 12.8 Å². The Morgan fingerprint density at radius 3 is 2.86 bits per heavy atom. The molecule has 6 nitrogen and oxygen atoms in total. The van der Waals surface area contributed by atoms with Gasteiger partial charge in [-0.2, -0.15) is 0 Å². The number of nitrogens with one attached hydrogen (secondary N) is 1. The first kappa shape index (κ1) is 14.5. The molecule has 1 N–H and O–H groups in total. The van der Waals surface area contributed by atoms with Gasteiger partial charge in [0.05, 0.1) is 12.6 Å². The lowest BCUT2D eigenvalue weighted by Crippen LogP contribution is -2.42. The minimum atomic E-state index is -0.314. The van der Waals surface area contributed by atoms with E-state index in [2.05, 4.69) is 15.3 Å². The summed E-state index contributed by atoms with van der Waals surface area (Å²) in [6.07, 6.45) is 2.74. The van der Waals surface area contributed by atoms with E-state index in [0.29, 0.717) is 29.8 Å². The minimum Gasteiger partial charge on any atom is -0.453 e. The van der Waals surface area contributed by atoms with E-state index in [-0.39, 0.29) is 18.0 Å². The van der Waals surface area contributed by atoms with Gasteiger partial charge in [-0.15, -0.1) is 0 Å². The summed E-state index contributed by atoms with van der Waals surface area (Å²) >= 11 is 0. The van der Waals surface area contributed by atoms with Crippen molar-refractivity contribution in [3.05, 3.63) is 30.3 Å². The van der Waals surface area contributed by atoms with Crippen LogP contribution in [0.4, 0.5) is 15.0 Å². The highest BCUT2D eigenvalue weighted by atomic mass is 19.1. The van der Waals surface area contributed by atoms with Crippen LogP contribution in [0.25, 0.3) is 10.9 Å². The molecule has 1 aromatic carbocycles. The van der Waals surface area contributed by atoms with Crippen molar-refractivity contribution in [1.29, 1.82) is 0 Å². The molecule has 3 rings (SSSR count). The third-order valence-electron chi connectivity index (χ3n) is 3.87. The molecule has 1 amide bonds. The van der Waals surface area contributed by atoms with Gasteiger partial charge in [0, 0.05) is 24.5 Å². The molecule has 22 heavy (non-hydrogen) atoms. The van der Waals surface area contributed by atoms with Gasteiger partial charge in [-0.3, -0.25) is 0 Å². The predicted octanol–water partition coefficient (Wildman–Crippen LogP) is 2.41. The molecule has 0 unspecified atom stereocenters. The number of hydrogen-bond acceptors (Lipinski definition) is 5. The number of piperidine rings is 1. The fourth-order valence-corrected chi connectivity index (χ4v) is 2.67. The van der Waals surface area contributed by atoms with Crippen molar-refractivity contribution in [2.45, 2.75) is 18.9 Å². The van der Waals surface area contributed by atoms with E-state index >= 15 is 0 Å². The third-order valence-corrected chi connectivity index (χ3v) is 3.87. The fourth-order valence-electron chi connectivity index (χ4n) is 2.67. The van der Waals surface area contributed by atoms with Crippen LogP contribution in [-0.4, -0.2) is 47.2 Å². The van der Waals surface area contributed by atoms with Crippen LogP contribution < -0.4 is 5.32 Å². The first-order chi connectivity index (χ1) is 10.7. The molecule has 0 aliphatic carbocycles. The van der Waals surface area contributed by atoms with Gasteiger partial charge >= 0.3 is 6.09 Å². The second-order valence-electron chi connectivity index (χ2n) is 5.26. The number of likely N-dealkylation sites (tertiary alicyclic amines) is 1. The van der Waals surface area contributed by atoms with Crippen LogP contribution >= 0.6 is 0 Å². The Morgan fingerprint density at radius 1 is 1.36 bits per heavy atom. The minimum absolute atomic E-state index is 0.183. The number of carbonyl (C=O) groups excluding carboxylic acids is 1. The summed E-state index contributed by atoms with van der Waals surface area (Å²) in [5.74, 6) is 0.312. The molecular formula is C15H17FN4O2. The van der Waals surface area contributed by atoms with Crippen LogP contribution in [-0.2, 0) is 4.74 Å². The number of nitrogens with zero attached hydrogens (tertiary/aromatic N) is 3. The highest BCUT2D eigenvalue weighted by Crippen LogP contribution is 2.23. The summed E-state index contributed by atoms with van der Waals surface area (Å²) < 4.78 is 18.2. The number of carbonyl (C=O) groups is 1. The van der Waals surface area contributed by atoms with Gasteiger partial charge in [-0.1, -0.05) is 0 Å². The Bertz CT molecular complexity index is 686. The van der Waals surface area contributed by atoms with Crippen LogP contribution in [0.15, 0.2) is 24.5 Å². The number of anilines is 1. The van der Waals surface area contributed by atoms with Crippen molar-refractivity contribution < 1.29 is 13.9 Å². The van der Waals surface area contributed by atoms with E-state index in [1.54, 1.807) is 11.0 Å². The zero-order valence-electron chi connectivity index (χ0n) is 12.3. The predicted molar refractivity (Wildman–Crippen MR) is 80.1 cm³/mol. The second kappa shape index (κ2) is 6.13. The molecule has 116 valence electrons. The van der Waals surface area contributed by atoms with E-state index in [4.69, 9.17) is 4.74 Å². The van der Waals surface area contributed by atoms with E-state index < -0.39 is 0 Å². The van der Waals surface area contributed by atoms with Crippen LogP contribution in [0, 0.1) is 5.82 Å². The smallest absolute Gasteiger partial charge is 0.409 e. The standard InChI is InChI=1S/C15H17FN4O2/c1-22-15(21)20-6-4-11(5-7-20)19-14-12-8-10(16)2-3-13(12)17-9-18-14/h2-3,8-9,11H,4-7H2,1H3,(H,17,18,19). The molecule has 1 fully saturated rings. The summed E-state index contributed by atoms with van der Waals surface area (Å²) in [6.45, 7) is 1.25. The molecule has 2 heterocycles. The van der Waals surface area contributed by atoms with Crippen molar-refractivity contribution in [3.8, 4) is 0 Å². The Kier molecular flexibility index (Phi) is 4.04. The summed E-state index contributed by atoms with van der Waals surface area (Å²) in [6, 6.07) is 4.63. The lowest BCUT2D eigenvalue weighted by Gasteiger charge is -2.31. The van der Waals surface area contributed by atoms with E-state index in [1.807, 2.05) is 0 Å². The van der Waals surface area contributed by atoms with Crippen molar-refractivity contribution in [3.63, 3.8) is 0 Å². The van der Waals surface area contributed by atoms with Gasteiger partial charge in [0.1, 0.15) is 18.0 Å². The van der Waals surface area contributed by atoms with Gasteiger partial charge in [-0.05, 0) is 31.0 Å². The molecule has 1 aliphatic rings. The number of rotatable bonds is 2.